The molecule has 0 radical (unpaired) electrons. The normalized spacial score (nSPS) is 19.1. The first-order chi connectivity index (χ1) is 8.13. The summed E-state index contributed by atoms with van der Waals surface area (Å²) in [7, 11) is 2.16. The highest BCUT2D eigenvalue weighted by molar-refractivity contribution is 9.10. The fourth-order valence-corrected chi connectivity index (χ4v) is 4.35. The monoisotopic (exact) mass is 317 g/mol. The number of halogens is 1. The van der Waals surface area contributed by atoms with Gasteiger partial charge < -0.3 is 10.0 Å². The number of aliphatic hydroxyl groups excluding tert-OH is 1. The third-order valence-electron chi connectivity index (χ3n) is 3.65. The lowest BCUT2D eigenvalue weighted by atomic mass is 9.87. The van der Waals surface area contributed by atoms with E-state index in [2.05, 4.69) is 39.3 Å². The molecule has 0 aliphatic heterocycles. The summed E-state index contributed by atoms with van der Waals surface area (Å²) < 4.78 is 1.17. The second-order valence-corrected chi connectivity index (χ2v) is 7.18. The van der Waals surface area contributed by atoms with Crippen LogP contribution in [0.3, 0.4) is 0 Å². The molecule has 2 nitrogen and oxygen atoms in total. The van der Waals surface area contributed by atoms with Gasteiger partial charge in [-0.15, -0.1) is 11.3 Å². The quantitative estimate of drug-likeness (QED) is 0.898. The van der Waals surface area contributed by atoms with Gasteiger partial charge in [-0.3, -0.25) is 0 Å². The first-order valence-electron chi connectivity index (χ1n) is 6.16. The Morgan fingerprint density at radius 3 is 2.71 bits per heavy atom. The van der Waals surface area contributed by atoms with Gasteiger partial charge in [0, 0.05) is 39.8 Å². The third kappa shape index (κ3) is 3.53. The Hall–Kier alpha value is 0.1000. The lowest BCUT2D eigenvalue weighted by Gasteiger charge is -2.31. The van der Waals surface area contributed by atoms with Gasteiger partial charge in [0.25, 0.3) is 0 Å². The fourth-order valence-electron chi connectivity index (χ4n) is 2.82. The lowest BCUT2D eigenvalue weighted by Crippen LogP contribution is -2.36. The SMILES string of the molecule is CN(Cc1cc(Br)cs1)CC1(CO)CCCC1. The molecule has 0 saturated heterocycles. The van der Waals surface area contributed by atoms with Gasteiger partial charge in [0.15, 0.2) is 0 Å². The maximum absolute atomic E-state index is 9.60. The van der Waals surface area contributed by atoms with Crippen LogP contribution < -0.4 is 0 Å². The molecule has 1 aliphatic carbocycles. The van der Waals surface area contributed by atoms with E-state index in [1.54, 1.807) is 11.3 Å². The van der Waals surface area contributed by atoms with Gasteiger partial charge in [-0.05, 0) is 41.9 Å². The topological polar surface area (TPSA) is 23.5 Å². The molecule has 1 saturated carbocycles. The van der Waals surface area contributed by atoms with Crippen molar-refractivity contribution in [2.75, 3.05) is 20.2 Å². The first kappa shape index (κ1) is 13.5. The minimum atomic E-state index is 0.170. The third-order valence-corrected chi connectivity index (χ3v) is 5.33. The van der Waals surface area contributed by atoms with Crippen LogP contribution in [0.2, 0.25) is 0 Å². The molecule has 0 atom stereocenters. The van der Waals surface area contributed by atoms with E-state index in [-0.39, 0.29) is 5.41 Å². The summed E-state index contributed by atoms with van der Waals surface area (Å²) >= 11 is 5.28. The predicted molar refractivity (Wildman–Crippen MR) is 76.3 cm³/mol. The van der Waals surface area contributed by atoms with Crippen LogP contribution >= 0.6 is 27.3 Å². The Morgan fingerprint density at radius 1 is 1.47 bits per heavy atom. The molecule has 0 spiro atoms. The van der Waals surface area contributed by atoms with E-state index in [4.69, 9.17) is 0 Å². The molecule has 1 heterocycles. The fraction of sp³-hybridized carbons (Fsp3) is 0.692. The van der Waals surface area contributed by atoms with Crippen molar-refractivity contribution in [3.05, 3.63) is 20.8 Å². The van der Waals surface area contributed by atoms with Crippen LogP contribution in [0.4, 0.5) is 0 Å². The summed E-state index contributed by atoms with van der Waals surface area (Å²) in [6.45, 7) is 2.34. The van der Waals surface area contributed by atoms with E-state index >= 15 is 0 Å². The molecule has 1 aromatic rings. The van der Waals surface area contributed by atoms with Crippen LogP contribution in [0, 0.1) is 5.41 Å². The Bertz CT molecular complexity index is 360. The molecule has 2 rings (SSSR count). The Morgan fingerprint density at radius 2 is 2.18 bits per heavy atom. The van der Waals surface area contributed by atoms with Crippen molar-refractivity contribution in [2.24, 2.45) is 5.41 Å². The van der Waals surface area contributed by atoms with E-state index in [1.165, 1.54) is 35.0 Å². The van der Waals surface area contributed by atoms with E-state index < -0.39 is 0 Å². The Kier molecular flexibility index (Phi) is 4.64. The standard InChI is InChI=1S/C13H20BrNOS/c1-15(7-12-6-11(14)8-17-12)9-13(10-16)4-2-3-5-13/h6,8,16H,2-5,7,9-10H2,1H3. The van der Waals surface area contributed by atoms with Crippen molar-refractivity contribution in [1.29, 1.82) is 0 Å². The minimum absolute atomic E-state index is 0.170. The summed E-state index contributed by atoms with van der Waals surface area (Å²) in [5, 5.41) is 11.7. The largest absolute Gasteiger partial charge is 0.396 e. The molecule has 96 valence electrons. The van der Waals surface area contributed by atoms with Gasteiger partial charge in [0.05, 0.1) is 0 Å². The van der Waals surface area contributed by atoms with Gasteiger partial charge in [-0.2, -0.15) is 0 Å². The summed E-state index contributed by atoms with van der Waals surface area (Å²) in [6, 6.07) is 2.18. The number of aliphatic hydroxyl groups is 1. The van der Waals surface area contributed by atoms with E-state index in [0.29, 0.717) is 6.61 Å². The average Bonchev–Trinajstić information content (AvgIpc) is 2.89. The van der Waals surface area contributed by atoms with E-state index in [9.17, 15) is 5.11 Å². The van der Waals surface area contributed by atoms with Crippen molar-refractivity contribution in [2.45, 2.75) is 32.2 Å². The minimum Gasteiger partial charge on any atom is -0.396 e. The molecular formula is C13H20BrNOS. The highest BCUT2D eigenvalue weighted by atomic mass is 79.9. The molecule has 0 amide bonds. The van der Waals surface area contributed by atoms with Crippen LogP contribution in [0.5, 0.6) is 0 Å². The second-order valence-electron chi connectivity index (χ2n) is 5.27. The van der Waals surface area contributed by atoms with Gasteiger partial charge >= 0.3 is 0 Å². The molecule has 1 fully saturated rings. The van der Waals surface area contributed by atoms with Gasteiger partial charge in [-0.1, -0.05) is 12.8 Å². The van der Waals surface area contributed by atoms with Gasteiger partial charge in [0.1, 0.15) is 0 Å². The van der Waals surface area contributed by atoms with Crippen molar-refractivity contribution in [3.8, 4) is 0 Å². The van der Waals surface area contributed by atoms with Crippen LogP contribution in [0.15, 0.2) is 15.9 Å². The summed E-state index contributed by atoms with van der Waals surface area (Å²) in [5.41, 5.74) is 0.170. The Labute approximate surface area is 116 Å². The van der Waals surface area contributed by atoms with Crippen molar-refractivity contribution >= 4 is 27.3 Å². The first-order valence-corrected chi connectivity index (χ1v) is 7.83. The summed E-state index contributed by atoms with van der Waals surface area (Å²) in [5.74, 6) is 0. The smallest absolute Gasteiger partial charge is 0.0499 e. The predicted octanol–water partition coefficient (Wildman–Crippen LogP) is 3.50. The van der Waals surface area contributed by atoms with Crippen LogP contribution in [0.1, 0.15) is 30.6 Å². The molecular weight excluding hydrogens is 298 g/mol. The van der Waals surface area contributed by atoms with Crippen molar-refractivity contribution < 1.29 is 5.11 Å². The average molecular weight is 318 g/mol. The highest BCUT2D eigenvalue weighted by Crippen LogP contribution is 2.38. The number of hydrogen-bond acceptors (Lipinski definition) is 3. The maximum atomic E-state index is 9.60. The van der Waals surface area contributed by atoms with E-state index in [1.807, 2.05) is 0 Å². The molecule has 0 aromatic carbocycles. The summed E-state index contributed by atoms with van der Waals surface area (Å²) in [6.07, 6.45) is 4.92. The highest BCUT2D eigenvalue weighted by Gasteiger charge is 2.34. The maximum Gasteiger partial charge on any atom is 0.0499 e. The molecule has 17 heavy (non-hydrogen) atoms. The van der Waals surface area contributed by atoms with Gasteiger partial charge in [-0.25, -0.2) is 0 Å². The van der Waals surface area contributed by atoms with E-state index in [0.717, 1.165) is 13.1 Å². The zero-order valence-electron chi connectivity index (χ0n) is 10.3. The second kappa shape index (κ2) is 5.83. The lowest BCUT2D eigenvalue weighted by molar-refractivity contribution is 0.0867. The number of rotatable bonds is 5. The number of thiophene rings is 1. The molecule has 1 aliphatic rings. The van der Waals surface area contributed by atoms with Crippen LogP contribution in [-0.2, 0) is 6.54 Å². The zero-order chi connectivity index (χ0) is 12.3. The molecule has 0 bridgehead atoms. The summed E-state index contributed by atoms with van der Waals surface area (Å²) in [4.78, 5) is 3.73. The van der Waals surface area contributed by atoms with Gasteiger partial charge in [0.2, 0.25) is 0 Å². The zero-order valence-corrected chi connectivity index (χ0v) is 12.7. The molecule has 1 aromatic heterocycles. The van der Waals surface area contributed by atoms with Crippen molar-refractivity contribution in [3.63, 3.8) is 0 Å². The van der Waals surface area contributed by atoms with Crippen LogP contribution in [-0.4, -0.2) is 30.2 Å². The number of nitrogens with zero attached hydrogens (tertiary/aromatic N) is 1. The molecule has 4 heteroatoms. The Balaban J connectivity index is 1.90. The number of hydrogen-bond donors (Lipinski definition) is 1. The molecule has 0 unspecified atom stereocenters. The van der Waals surface area contributed by atoms with Crippen molar-refractivity contribution in [1.82, 2.24) is 4.90 Å². The molecule has 1 N–H and O–H groups in total. The van der Waals surface area contributed by atoms with Crippen LogP contribution in [0.25, 0.3) is 0 Å².